The lowest BCUT2D eigenvalue weighted by molar-refractivity contribution is -0.126. The van der Waals surface area contributed by atoms with E-state index >= 15 is 0 Å². The summed E-state index contributed by atoms with van der Waals surface area (Å²) < 4.78 is 31.8. The lowest BCUT2D eigenvalue weighted by Crippen LogP contribution is -2.25. The summed E-state index contributed by atoms with van der Waals surface area (Å²) in [5, 5.41) is 4.04. The van der Waals surface area contributed by atoms with Gasteiger partial charge in [0.25, 0.3) is 0 Å². The van der Waals surface area contributed by atoms with Crippen molar-refractivity contribution in [2.75, 3.05) is 24.4 Å². The van der Waals surface area contributed by atoms with Gasteiger partial charge in [-0.1, -0.05) is 15.9 Å². The van der Waals surface area contributed by atoms with Gasteiger partial charge in [0.1, 0.15) is 17.5 Å². The number of amides is 1. The number of hydrogen-bond acceptors (Lipinski definition) is 6. The summed E-state index contributed by atoms with van der Waals surface area (Å²) in [5.74, 6) is 0.359. The molecule has 1 fully saturated rings. The Labute approximate surface area is 198 Å². The molecule has 1 aliphatic rings. The Hall–Kier alpha value is -3.20. The van der Waals surface area contributed by atoms with Crippen LogP contribution in [0.25, 0.3) is 10.9 Å². The molecule has 0 radical (unpaired) electrons. The van der Waals surface area contributed by atoms with Crippen molar-refractivity contribution >= 4 is 44.7 Å². The van der Waals surface area contributed by atoms with Crippen LogP contribution in [0.4, 0.5) is 10.1 Å². The third-order valence-corrected chi connectivity index (χ3v) is 5.96. The molecule has 1 saturated carbocycles. The zero-order chi connectivity index (χ0) is 23.4. The van der Waals surface area contributed by atoms with Crippen LogP contribution in [0, 0.1) is 11.2 Å². The van der Waals surface area contributed by atoms with Gasteiger partial charge in [0.15, 0.2) is 23.1 Å². The predicted molar refractivity (Wildman–Crippen MR) is 125 cm³/mol. The van der Waals surface area contributed by atoms with Crippen molar-refractivity contribution in [3.63, 3.8) is 0 Å². The van der Waals surface area contributed by atoms with Gasteiger partial charge in [-0.25, -0.2) is 4.39 Å². The Balaban J connectivity index is 1.57. The van der Waals surface area contributed by atoms with Crippen molar-refractivity contribution in [3.8, 4) is 23.0 Å². The number of rotatable bonds is 10. The van der Waals surface area contributed by atoms with E-state index < -0.39 is 17.1 Å². The number of nitrogens with one attached hydrogen (secondary N) is 1. The smallest absolute Gasteiger partial charge is 0.237 e. The first-order valence-electron chi connectivity index (χ1n) is 10.4. The van der Waals surface area contributed by atoms with Crippen molar-refractivity contribution in [3.05, 3.63) is 48.4 Å². The maximum Gasteiger partial charge on any atom is 0.237 e. The van der Waals surface area contributed by atoms with E-state index in [4.69, 9.17) is 14.2 Å². The van der Waals surface area contributed by atoms with Crippen LogP contribution in [0.2, 0.25) is 0 Å². The Morgan fingerprint density at radius 3 is 2.67 bits per heavy atom. The Morgan fingerprint density at radius 2 is 2.00 bits per heavy atom. The van der Waals surface area contributed by atoms with Crippen LogP contribution in [-0.4, -0.2) is 36.2 Å². The van der Waals surface area contributed by atoms with Crippen molar-refractivity contribution in [2.45, 2.75) is 19.3 Å². The largest absolute Gasteiger partial charge is 0.493 e. The standard InChI is InChI=1S/C24H22BrFN2O5/c1-31-21-12-16-18(13-22(21)32-10-2-8-25)27-9-5-19(16)33-20-4-3-15(11-17(20)26)28-23(30)24(14-29)6-7-24/h3-5,9,11-14H,2,6-8,10H2,1H3,(H,28,30). The third-order valence-electron chi connectivity index (χ3n) is 5.40. The Kier molecular flexibility index (Phi) is 6.78. The zero-order valence-corrected chi connectivity index (χ0v) is 19.5. The van der Waals surface area contributed by atoms with E-state index in [1.807, 2.05) is 0 Å². The molecular formula is C24H22BrFN2O5. The highest BCUT2D eigenvalue weighted by molar-refractivity contribution is 9.09. The third kappa shape index (κ3) is 4.93. The fraction of sp³-hybridized carbons (Fsp3) is 0.292. The van der Waals surface area contributed by atoms with Gasteiger partial charge in [-0.05, 0) is 43.5 Å². The summed E-state index contributed by atoms with van der Waals surface area (Å²) in [6, 6.07) is 9.23. The number of benzene rings is 2. The number of nitrogens with zero attached hydrogens (tertiary/aromatic N) is 1. The van der Waals surface area contributed by atoms with Crippen LogP contribution >= 0.6 is 15.9 Å². The number of carbonyl (C=O) groups excluding carboxylic acids is 2. The highest BCUT2D eigenvalue weighted by Crippen LogP contribution is 2.44. The number of anilines is 1. The molecule has 2 aromatic carbocycles. The minimum atomic E-state index is -0.975. The van der Waals surface area contributed by atoms with Crippen LogP contribution in [0.15, 0.2) is 42.6 Å². The summed E-state index contributed by atoms with van der Waals surface area (Å²) in [4.78, 5) is 27.7. The maximum atomic E-state index is 14.8. The molecule has 0 atom stereocenters. The van der Waals surface area contributed by atoms with E-state index in [2.05, 4.69) is 26.2 Å². The second kappa shape index (κ2) is 9.74. The average molecular weight is 517 g/mol. The summed E-state index contributed by atoms with van der Waals surface area (Å²) in [5.41, 5.74) is -0.114. The monoisotopic (exact) mass is 516 g/mol. The lowest BCUT2D eigenvalue weighted by atomic mass is 10.1. The minimum absolute atomic E-state index is 0.0198. The van der Waals surface area contributed by atoms with Crippen LogP contribution in [0.3, 0.4) is 0 Å². The van der Waals surface area contributed by atoms with Crippen LogP contribution in [0.5, 0.6) is 23.0 Å². The highest BCUT2D eigenvalue weighted by atomic mass is 79.9. The van der Waals surface area contributed by atoms with E-state index in [1.54, 1.807) is 31.5 Å². The molecule has 0 spiro atoms. The van der Waals surface area contributed by atoms with Crippen LogP contribution in [-0.2, 0) is 9.59 Å². The topological polar surface area (TPSA) is 86.8 Å². The molecule has 172 valence electrons. The quantitative estimate of drug-likeness (QED) is 0.171. The van der Waals surface area contributed by atoms with Crippen molar-refractivity contribution in [1.82, 2.24) is 4.98 Å². The highest BCUT2D eigenvalue weighted by Gasteiger charge is 2.50. The molecule has 0 aliphatic heterocycles. The molecule has 1 amide bonds. The van der Waals surface area contributed by atoms with Gasteiger partial charge in [-0.15, -0.1) is 0 Å². The molecule has 3 aromatic rings. The number of pyridine rings is 1. The molecule has 1 aliphatic carbocycles. The first-order chi connectivity index (χ1) is 16.0. The van der Waals surface area contributed by atoms with E-state index in [0.717, 1.165) is 17.8 Å². The van der Waals surface area contributed by atoms with Crippen LogP contribution in [0.1, 0.15) is 19.3 Å². The second-order valence-electron chi connectivity index (χ2n) is 7.70. The molecule has 0 unspecified atom stereocenters. The van der Waals surface area contributed by atoms with E-state index in [0.29, 0.717) is 53.9 Å². The molecule has 1 aromatic heterocycles. The second-order valence-corrected chi connectivity index (χ2v) is 8.49. The Morgan fingerprint density at radius 1 is 1.18 bits per heavy atom. The number of hydrogen-bond donors (Lipinski definition) is 1. The molecule has 1 heterocycles. The van der Waals surface area contributed by atoms with Crippen molar-refractivity contribution in [2.24, 2.45) is 5.41 Å². The molecule has 9 heteroatoms. The van der Waals surface area contributed by atoms with Gasteiger partial charge in [0.05, 0.1) is 19.2 Å². The molecule has 1 N–H and O–H groups in total. The molecule has 33 heavy (non-hydrogen) atoms. The molecule has 0 saturated heterocycles. The number of alkyl halides is 1. The molecule has 4 rings (SSSR count). The summed E-state index contributed by atoms with van der Waals surface area (Å²) in [6.45, 7) is 0.519. The summed E-state index contributed by atoms with van der Waals surface area (Å²) in [7, 11) is 1.54. The normalized spacial score (nSPS) is 13.9. The fourth-order valence-electron chi connectivity index (χ4n) is 3.29. The van der Waals surface area contributed by atoms with Crippen molar-refractivity contribution in [1.29, 1.82) is 0 Å². The minimum Gasteiger partial charge on any atom is -0.493 e. The molecular weight excluding hydrogens is 495 g/mol. The number of ether oxygens (including phenoxy) is 3. The number of aldehydes is 1. The number of carbonyl (C=O) groups is 2. The SMILES string of the molecule is COc1cc2c(Oc3ccc(NC(=O)C4(C=O)CC4)cc3F)ccnc2cc1OCCCBr. The summed E-state index contributed by atoms with van der Waals surface area (Å²) >= 11 is 3.37. The predicted octanol–water partition coefficient (Wildman–Crippen LogP) is 5.26. The maximum absolute atomic E-state index is 14.8. The number of methoxy groups -OCH3 is 1. The van der Waals surface area contributed by atoms with Gasteiger partial charge in [-0.2, -0.15) is 0 Å². The van der Waals surface area contributed by atoms with E-state index in [-0.39, 0.29) is 11.4 Å². The number of fused-ring (bicyclic) bond motifs is 1. The van der Waals surface area contributed by atoms with Gasteiger partial charge < -0.3 is 24.3 Å². The van der Waals surface area contributed by atoms with Gasteiger partial charge in [0, 0.05) is 34.7 Å². The van der Waals surface area contributed by atoms with Crippen LogP contribution < -0.4 is 19.5 Å². The van der Waals surface area contributed by atoms with E-state index in [1.165, 1.54) is 12.1 Å². The van der Waals surface area contributed by atoms with Gasteiger partial charge in [0.2, 0.25) is 5.91 Å². The number of aromatic nitrogens is 1. The van der Waals surface area contributed by atoms with Gasteiger partial charge in [-0.3, -0.25) is 9.78 Å². The fourth-order valence-corrected chi connectivity index (χ4v) is 3.52. The Bertz CT molecular complexity index is 1200. The summed E-state index contributed by atoms with van der Waals surface area (Å²) in [6.07, 6.45) is 4.07. The molecule has 0 bridgehead atoms. The lowest BCUT2D eigenvalue weighted by Gasteiger charge is -2.14. The average Bonchev–Trinajstić information content (AvgIpc) is 3.62. The first-order valence-corrected chi connectivity index (χ1v) is 11.5. The van der Waals surface area contributed by atoms with Crippen molar-refractivity contribution < 1.29 is 28.2 Å². The first kappa shape index (κ1) is 23.0. The van der Waals surface area contributed by atoms with Gasteiger partial charge >= 0.3 is 0 Å². The number of halogens is 2. The molecule has 7 nitrogen and oxygen atoms in total. The van der Waals surface area contributed by atoms with E-state index in [9.17, 15) is 14.0 Å². The zero-order valence-electron chi connectivity index (χ0n) is 17.9.